The van der Waals surface area contributed by atoms with Crippen LogP contribution in [-0.4, -0.2) is 33.4 Å². The summed E-state index contributed by atoms with van der Waals surface area (Å²) < 4.78 is 0. The largest absolute Gasteiger partial charge is 0.394 e. The first-order valence-electron chi connectivity index (χ1n) is 6.90. The Labute approximate surface area is 134 Å². The van der Waals surface area contributed by atoms with E-state index in [1.54, 1.807) is 32.0 Å². The third-order valence-corrected chi connectivity index (χ3v) is 3.67. The predicted octanol–water partition coefficient (Wildman–Crippen LogP) is 2.16. The molecule has 0 saturated carbocycles. The van der Waals surface area contributed by atoms with Crippen LogP contribution >= 0.6 is 11.6 Å². The van der Waals surface area contributed by atoms with Crippen LogP contribution in [-0.2, 0) is 6.42 Å². The highest BCUT2D eigenvalue weighted by molar-refractivity contribution is 6.30. The van der Waals surface area contributed by atoms with Crippen molar-refractivity contribution in [1.82, 2.24) is 15.5 Å². The molecule has 0 aliphatic carbocycles. The van der Waals surface area contributed by atoms with Crippen LogP contribution in [0.1, 0.15) is 28.5 Å². The van der Waals surface area contributed by atoms with Gasteiger partial charge in [0.15, 0.2) is 0 Å². The molecule has 1 heterocycles. The number of hydrogen-bond acceptors (Lipinski definition) is 4. The van der Waals surface area contributed by atoms with Crippen molar-refractivity contribution in [2.75, 3.05) is 6.61 Å². The van der Waals surface area contributed by atoms with E-state index in [0.29, 0.717) is 22.7 Å². The van der Waals surface area contributed by atoms with Crippen molar-refractivity contribution in [3.05, 3.63) is 58.4 Å². The number of aromatic nitrogens is 2. The maximum absolute atomic E-state index is 12.4. The van der Waals surface area contributed by atoms with E-state index in [1.807, 2.05) is 12.1 Å². The Balaban J connectivity index is 2.14. The van der Waals surface area contributed by atoms with Gasteiger partial charge in [0.25, 0.3) is 5.91 Å². The van der Waals surface area contributed by atoms with Crippen molar-refractivity contribution in [2.24, 2.45) is 0 Å². The van der Waals surface area contributed by atoms with E-state index in [9.17, 15) is 9.90 Å². The second-order valence-corrected chi connectivity index (χ2v) is 5.94. The molecule has 2 N–H and O–H groups in total. The second-order valence-electron chi connectivity index (χ2n) is 5.51. The van der Waals surface area contributed by atoms with Crippen LogP contribution < -0.4 is 5.32 Å². The van der Waals surface area contributed by atoms with Gasteiger partial charge in [-0.05, 0) is 44.0 Å². The Morgan fingerprint density at radius 3 is 2.59 bits per heavy atom. The smallest absolute Gasteiger partial charge is 0.253 e. The molecule has 0 spiro atoms. The molecule has 0 fully saturated rings. The first kappa shape index (κ1) is 16.4. The van der Waals surface area contributed by atoms with Crippen molar-refractivity contribution in [3.63, 3.8) is 0 Å². The zero-order valence-electron chi connectivity index (χ0n) is 12.5. The van der Waals surface area contributed by atoms with E-state index < -0.39 is 5.54 Å². The number of nitrogens with zero attached hydrogens (tertiary/aromatic N) is 2. The fourth-order valence-corrected chi connectivity index (χ4v) is 2.30. The number of amides is 1. The summed E-state index contributed by atoms with van der Waals surface area (Å²) in [6.07, 6.45) is 1.96. The molecule has 2 aromatic rings. The van der Waals surface area contributed by atoms with Gasteiger partial charge in [-0.2, -0.15) is 10.2 Å². The summed E-state index contributed by atoms with van der Waals surface area (Å²) >= 11 is 5.87. The van der Waals surface area contributed by atoms with Gasteiger partial charge in [-0.15, -0.1) is 0 Å². The zero-order chi connectivity index (χ0) is 16.2. The lowest BCUT2D eigenvalue weighted by atomic mass is 9.93. The van der Waals surface area contributed by atoms with Crippen LogP contribution in [0.2, 0.25) is 5.02 Å². The molecule has 0 saturated heterocycles. The minimum absolute atomic E-state index is 0.182. The number of benzene rings is 1. The van der Waals surface area contributed by atoms with Gasteiger partial charge in [-0.25, -0.2) is 0 Å². The summed E-state index contributed by atoms with van der Waals surface area (Å²) in [6, 6.07) is 8.93. The highest BCUT2D eigenvalue weighted by Crippen LogP contribution is 2.17. The maximum Gasteiger partial charge on any atom is 0.253 e. The van der Waals surface area contributed by atoms with Crippen LogP contribution in [0.25, 0.3) is 0 Å². The fourth-order valence-electron chi connectivity index (χ4n) is 2.18. The Bertz CT molecular complexity index is 661. The lowest BCUT2D eigenvalue weighted by molar-refractivity contribution is 0.0850. The molecular formula is C16H18ClN3O2. The van der Waals surface area contributed by atoms with Crippen LogP contribution in [0, 0.1) is 6.92 Å². The molecule has 1 atom stereocenters. The molecule has 1 aromatic carbocycles. The summed E-state index contributed by atoms with van der Waals surface area (Å²) in [4.78, 5) is 12.4. The molecule has 1 unspecified atom stereocenters. The van der Waals surface area contributed by atoms with Gasteiger partial charge < -0.3 is 10.4 Å². The summed E-state index contributed by atoms with van der Waals surface area (Å²) in [5.74, 6) is -0.280. The van der Waals surface area contributed by atoms with E-state index >= 15 is 0 Å². The summed E-state index contributed by atoms with van der Waals surface area (Å²) in [5.41, 5.74) is 1.20. The van der Waals surface area contributed by atoms with E-state index in [-0.39, 0.29) is 12.5 Å². The van der Waals surface area contributed by atoms with E-state index in [1.165, 1.54) is 6.20 Å². The minimum atomic E-state index is -0.777. The van der Waals surface area contributed by atoms with Crippen LogP contribution in [0.5, 0.6) is 0 Å². The third kappa shape index (κ3) is 4.02. The monoisotopic (exact) mass is 319 g/mol. The average Bonchev–Trinajstić information content (AvgIpc) is 2.50. The molecule has 1 aromatic heterocycles. The molecule has 22 heavy (non-hydrogen) atoms. The molecular weight excluding hydrogens is 302 g/mol. The Morgan fingerprint density at radius 1 is 1.32 bits per heavy atom. The van der Waals surface area contributed by atoms with Gasteiger partial charge in [0.1, 0.15) is 0 Å². The summed E-state index contributed by atoms with van der Waals surface area (Å²) in [5, 5.41) is 20.8. The van der Waals surface area contributed by atoms with Crippen LogP contribution in [0.3, 0.4) is 0 Å². The fraction of sp³-hybridized carbons (Fsp3) is 0.312. The number of carbonyl (C=O) groups is 1. The number of nitrogens with one attached hydrogen (secondary N) is 1. The van der Waals surface area contributed by atoms with Gasteiger partial charge in [0, 0.05) is 5.02 Å². The lowest BCUT2D eigenvalue weighted by Crippen LogP contribution is -2.50. The molecule has 0 bridgehead atoms. The summed E-state index contributed by atoms with van der Waals surface area (Å²) in [7, 11) is 0. The van der Waals surface area contributed by atoms with Gasteiger partial charge in [0.2, 0.25) is 0 Å². The van der Waals surface area contributed by atoms with E-state index in [2.05, 4.69) is 15.5 Å². The Morgan fingerprint density at radius 2 is 2.00 bits per heavy atom. The first-order valence-corrected chi connectivity index (χ1v) is 7.27. The van der Waals surface area contributed by atoms with Crippen molar-refractivity contribution in [2.45, 2.75) is 25.8 Å². The zero-order valence-corrected chi connectivity index (χ0v) is 13.3. The van der Waals surface area contributed by atoms with Crippen LogP contribution in [0.4, 0.5) is 0 Å². The van der Waals surface area contributed by atoms with Gasteiger partial charge in [-0.1, -0.05) is 23.7 Å². The second kappa shape index (κ2) is 6.85. The number of rotatable bonds is 5. The van der Waals surface area contributed by atoms with Crippen LogP contribution in [0.15, 0.2) is 36.5 Å². The minimum Gasteiger partial charge on any atom is -0.394 e. The van der Waals surface area contributed by atoms with E-state index in [4.69, 9.17) is 11.6 Å². The lowest BCUT2D eigenvalue weighted by Gasteiger charge is -2.29. The van der Waals surface area contributed by atoms with Gasteiger partial charge in [0.05, 0.1) is 29.6 Å². The number of aryl methyl sites for hydroxylation is 1. The number of halogens is 1. The third-order valence-electron chi connectivity index (χ3n) is 3.42. The van der Waals surface area contributed by atoms with Gasteiger partial charge in [-0.3, -0.25) is 4.79 Å². The molecule has 1 amide bonds. The predicted molar refractivity (Wildman–Crippen MR) is 84.9 cm³/mol. The molecule has 0 radical (unpaired) electrons. The molecule has 0 aliphatic heterocycles. The Hall–Kier alpha value is -1.98. The molecule has 0 aliphatic rings. The van der Waals surface area contributed by atoms with Crippen molar-refractivity contribution < 1.29 is 9.90 Å². The topological polar surface area (TPSA) is 75.1 Å². The molecule has 5 nitrogen and oxygen atoms in total. The molecule has 2 rings (SSSR count). The number of aliphatic hydroxyl groups excluding tert-OH is 1. The molecule has 6 heteroatoms. The quantitative estimate of drug-likeness (QED) is 0.885. The number of carbonyl (C=O) groups excluding carboxylic acids is 1. The Kier molecular flexibility index (Phi) is 5.11. The van der Waals surface area contributed by atoms with Crippen molar-refractivity contribution in [1.29, 1.82) is 0 Å². The maximum atomic E-state index is 12.4. The van der Waals surface area contributed by atoms with E-state index in [0.717, 1.165) is 5.56 Å². The number of hydrogen-bond donors (Lipinski definition) is 2. The highest BCUT2D eigenvalue weighted by atomic mass is 35.5. The first-order chi connectivity index (χ1) is 10.4. The highest BCUT2D eigenvalue weighted by Gasteiger charge is 2.27. The normalized spacial score (nSPS) is 13.5. The van der Waals surface area contributed by atoms with Crippen molar-refractivity contribution in [3.8, 4) is 0 Å². The molecule has 116 valence electrons. The summed E-state index contributed by atoms with van der Waals surface area (Å²) in [6.45, 7) is 3.33. The number of aliphatic hydroxyl groups is 1. The standard InChI is InChI=1S/C16H18ClN3O2/c1-11-14(7-8-18-20-11)15(22)19-16(2,10-21)9-12-3-5-13(17)6-4-12/h3-8,21H,9-10H2,1-2H3,(H,19,22). The SMILES string of the molecule is Cc1nnccc1C(=O)NC(C)(CO)Cc1ccc(Cl)cc1. The average molecular weight is 320 g/mol. The van der Waals surface area contributed by atoms with Crippen molar-refractivity contribution >= 4 is 17.5 Å². The van der Waals surface area contributed by atoms with Gasteiger partial charge >= 0.3 is 0 Å².